The number of allylic oxidation sites excluding steroid dienone is 1. The number of benzene rings is 2. The van der Waals surface area contributed by atoms with Crippen LogP contribution < -0.4 is 0 Å². The lowest BCUT2D eigenvalue weighted by atomic mass is 10.1. The maximum atomic E-state index is 12.2. The predicted molar refractivity (Wildman–Crippen MR) is 103 cm³/mol. The topological polar surface area (TPSA) is 71.5 Å². The third-order valence-electron chi connectivity index (χ3n) is 4.48. The summed E-state index contributed by atoms with van der Waals surface area (Å²) in [5.41, 5.74) is 0.938. The number of sulfone groups is 1. The number of hydrogen-bond donors (Lipinski definition) is 0. The highest BCUT2D eigenvalue weighted by atomic mass is 32.2. The molecule has 1 aliphatic rings. The van der Waals surface area contributed by atoms with E-state index in [2.05, 4.69) is 0 Å². The van der Waals surface area contributed by atoms with Crippen molar-refractivity contribution in [3.63, 3.8) is 0 Å². The summed E-state index contributed by atoms with van der Waals surface area (Å²) < 4.78 is 24.2. The summed E-state index contributed by atoms with van der Waals surface area (Å²) >= 11 is 0. The van der Waals surface area contributed by atoms with Crippen LogP contribution in [0.25, 0.3) is 0 Å². The van der Waals surface area contributed by atoms with Gasteiger partial charge in [0.1, 0.15) is 0 Å². The first-order valence-corrected chi connectivity index (χ1v) is 10.5. The number of imide groups is 1. The zero-order chi connectivity index (χ0) is 19.3. The van der Waals surface area contributed by atoms with Crippen LogP contribution in [0.1, 0.15) is 46.4 Å². The Bertz CT molecular complexity index is 930. The molecule has 0 fully saturated rings. The number of nitrogens with zero attached hydrogens (tertiary/aromatic N) is 1. The number of hydrogen-bond acceptors (Lipinski definition) is 4. The molecule has 0 atom stereocenters. The van der Waals surface area contributed by atoms with Gasteiger partial charge in [-0.25, -0.2) is 8.42 Å². The van der Waals surface area contributed by atoms with Crippen molar-refractivity contribution >= 4 is 21.7 Å². The van der Waals surface area contributed by atoms with Crippen molar-refractivity contribution in [3.05, 3.63) is 77.2 Å². The Balaban J connectivity index is 1.42. The van der Waals surface area contributed by atoms with E-state index in [-0.39, 0.29) is 16.7 Å². The number of carbonyl (C=O) groups excluding carboxylic acids is 2. The molecule has 27 heavy (non-hydrogen) atoms. The van der Waals surface area contributed by atoms with E-state index < -0.39 is 9.84 Å². The standard InChI is InChI=1S/C21H21NO4S/c23-20-18-13-7-8-14-19(18)21(24)22(20)15-9-2-1-3-10-16-27(25,26)17-11-5-4-6-12-17/h4-8,10-14,16H,1-3,9,15H2/b16-10+. The molecule has 1 aliphatic heterocycles. The second kappa shape index (κ2) is 8.31. The van der Waals surface area contributed by atoms with Gasteiger partial charge in [0, 0.05) is 12.0 Å². The average molecular weight is 383 g/mol. The minimum Gasteiger partial charge on any atom is -0.274 e. The van der Waals surface area contributed by atoms with E-state index in [9.17, 15) is 18.0 Å². The van der Waals surface area contributed by atoms with Crippen LogP contribution in [0.4, 0.5) is 0 Å². The molecule has 0 bridgehead atoms. The minimum atomic E-state index is -3.39. The van der Waals surface area contributed by atoms with Crippen molar-refractivity contribution in [1.82, 2.24) is 4.90 Å². The van der Waals surface area contributed by atoms with E-state index in [0.29, 0.717) is 30.5 Å². The first-order chi connectivity index (χ1) is 13.0. The molecule has 2 amide bonds. The van der Waals surface area contributed by atoms with E-state index in [0.717, 1.165) is 12.8 Å². The van der Waals surface area contributed by atoms with E-state index >= 15 is 0 Å². The molecule has 2 aromatic rings. The SMILES string of the molecule is O=C1c2ccccc2C(=O)N1CCCCC/C=C/S(=O)(=O)c1ccccc1. The average Bonchev–Trinajstić information content (AvgIpc) is 2.93. The second-order valence-electron chi connectivity index (χ2n) is 6.39. The smallest absolute Gasteiger partial charge is 0.261 e. The van der Waals surface area contributed by atoms with Gasteiger partial charge in [0.25, 0.3) is 11.8 Å². The van der Waals surface area contributed by atoms with Gasteiger partial charge in [-0.05, 0) is 43.5 Å². The van der Waals surface area contributed by atoms with Gasteiger partial charge in [-0.2, -0.15) is 0 Å². The van der Waals surface area contributed by atoms with Gasteiger partial charge < -0.3 is 0 Å². The van der Waals surface area contributed by atoms with Crippen molar-refractivity contribution in [2.24, 2.45) is 0 Å². The number of unbranched alkanes of at least 4 members (excludes halogenated alkanes) is 3. The number of fused-ring (bicyclic) bond motifs is 1. The lowest BCUT2D eigenvalue weighted by molar-refractivity contribution is 0.0651. The Kier molecular flexibility index (Phi) is 5.86. The van der Waals surface area contributed by atoms with Crippen molar-refractivity contribution in [1.29, 1.82) is 0 Å². The first kappa shape index (κ1) is 19.0. The van der Waals surface area contributed by atoms with Crippen molar-refractivity contribution in [2.45, 2.75) is 30.6 Å². The Labute approximate surface area is 159 Å². The van der Waals surface area contributed by atoms with E-state index in [1.807, 2.05) is 0 Å². The van der Waals surface area contributed by atoms with Gasteiger partial charge >= 0.3 is 0 Å². The van der Waals surface area contributed by atoms with Crippen LogP contribution in [0.3, 0.4) is 0 Å². The van der Waals surface area contributed by atoms with Crippen LogP contribution in [0.5, 0.6) is 0 Å². The Morgan fingerprint density at radius 3 is 2.00 bits per heavy atom. The van der Waals surface area contributed by atoms with Crippen molar-refractivity contribution in [2.75, 3.05) is 6.54 Å². The Morgan fingerprint density at radius 1 is 0.778 bits per heavy atom. The van der Waals surface area contributed by atoms with Gasteiger partial charge in [-0.15, -0.1) is 0 Å². The zero-order valence-corrected chi connectivity index (χ0v) is 15.7. The highest BCUT2D eigenvalue weighted by Gasteiger charge is 2.34. The molecule has 0 aromatic heterocycles. The molecule has 0 saturated carbocycles. The molecule has 2 aromatic carbocycles. The molecule has 0 spiro atoms. The second-order valence-corrected chi connectivity index (χ2v) is 8.22. The molecule has 0 aliphatic carbocycles. The van der Waals surface area contributed by atoms with E-state index in [1.54, 1.807) is 60.7 Å². The summed E-state index contributed by atoms with van der Waals surface area (Å²) in [5, 5.41) is 1.24. The van der Waals surface area contributed by atoms with Gasteiger partial charge in [0.15, 0.2) is 9.84 Å². The fourth-order valence-electron chi connectivity index (χ4n) is 3.03. The molecule has 1 heterocycles. The van der Waals surface area contributed by atoms with Crippen LogP contribution in [0, 0.1) is 0 Å². The Morgan fingerprint density at radius 2 is 1.37 bits per heavy atom. The van der Waals surface area contributed by atoms with Crippen LogP contribution in [-0.4, -0.2) is 31.7 Å². The molecule has 3 rings (SSSR count). The van der Waals surface area contributed by atoms with E-state index in [1.165, 1.54) is 10.3 Å². The fraction of sp³-hybridized carbons (Fsp3) is 0.238. The lowest BCUT2D eigenvalue weighted by Gasteiger charge is -2.13. The molecule has 6 heteroatoms. The number of carbonyl (C=O) groups is 2. The summed E-state index contributed by atoms with van der Waals surface area (Å²) in [6, 6.07) is 15.2. The summed E-state index contributed by atoms with van der Waals surface area (Å²) in [4.78, 5) is 26.1. The lowest BCUT2D eigenvalue weighted by Crippen LogP contribution is -2.30. The minimum absolute atomic E-state index is 0.232. The van der Waals surface area contributed by atoms with Gasteiger partial charge in [0.05, 0.1) is 16.0 Å². The van der Waals surface area contributed by atoms with Crippen LogP contribution in [0.2, 0.25) is 0 Å². The molecular weight excluding hydrogens is 362 g/mol. The maximum Gasteiger partial charge on any atom is 0.261 e. The Hall–Kier alpha value is -2.73. The molecule has 5 nitrogen and oxygen atoms in total. The molecule has 0 saturated heterocycles. The summed E-state index contributed by atoms with van der Waals surface area (Å²) in [5.74, 6) is -0.464. The molecule has 0 N–H and O–H groups in total. The van der Waals surface area contributed by atoms with Gasteiger partial charge in [-0.3, -0.25) is 14.5 Å². The van der Waals surface area contributed by atoms with Crippen LogP contribution >= 0.6 is 0 Å². The molecular formula is C21H21NO4S. The molecule has 0 radical (unpaired) electrons. The zero-order valence-electron chi connectivity index (χ0n) is 14.9. The van der Waals surface area contributed by atoms with Gasteiger partial charge in [-0.1, -0.05) is 42.8 Å². The van der Waals surface area contributed by atoms with Gasteiger partial charge in [0.2, 0.25) is 0 Å². The molecule has 0 unspecified atom stereocenters. The monoisotopic (exact) mass is 383 g/mol. The largest absolute Gasteiger partial charge is 0.274 e. The van der Waals surface area contributed by atoms with Crippen molar-refractivity contribution in [3.8, 4) is 0 Å². The third-order valence-corrected chi connectivity index (χ3v) is 5.96. The van der Waals surface area contributed by atoms with Crippen LogP contribution in [0.15, 0.2) is 71.0 Å². The highest BCUT2D eigenvalue weighted by Crippen LogP contribution is 2.22. The van der Waals surface area contributed by atoms with Crippen molar-refractivity contribution < 1.29 is 18.0 Å². The fourth-order valence-corrected chi connectivity index (χ4v) is 4.12. The summed E-state index contributed by atoms with van der Waals surface area (Å²) in [6.45, 7) is 0.387. The summed E-state index contributed by atoms with van der Waals surface area (Å²) in [7, 11) is -3.39. The third kappa shape index (κ3) is 4.34. The highest BCUT2D eigenvalue weighted by molar-refractivity contribution is 7.94. The normalized spacial score (nSPS) is 14.1. The number of amides is 2. The molecule has 140 valence electrons. The maximum absolute atomic E-state index is 12.2. The number of rotatable bonds is 8. The first-order valence-electron chi connectivity index (χ1n) is 8.92. The quantitative estimate of drug-likeness (QED) is 0.513. The van der Waals surface area contributed by atoms with E-state index in [4.69, 9.17) is 0 Å². The summed E-state index contributed by atoms with van der Waals surface area (Å²) in [6.07, 6.45) is 4.59. The predicted octanol–water partition coefficient (Wildman–Crippen LogP) is 3.83. The van der Waals surface area contributed by atoms with Crippen LogP contribution in [-0.2, 0) is 9.84 Å².